The number of hydrogen-bond acceptors (Lipinski definition) is 2. The molecular formula is C3H3INO2-. The fourth-order valence-electron chi connectivity index (χ4n) is 0.209. The lowest BCUT2D eigenvalue weighted by atomic mass is 10.7. The van der Waals surface area contributed by atoms with Crippen molar-refractivity contribution in [2.45, 2.75) is 0 Å². The first-order valence-electron chi connectivity index (χ1n) is 1.50. The molecule has 1 amide bonds. The summed E-state index contributed by atoms with van der Waals surface area (Å²) in [5.74, 6) is -0.255. The van der Waals surface area contributed by atoms with Crippen molar-refractivity contribution in [3.8, 4) is 0 Å². The van der Waals surface area contributed by atoms with Gasteiger partial charge in [-0.15, -0.1) is 24.0 Å². The Balaban J connectivity index is 0.000000360. The van der Waals surface area contributed by atoms with Crippen molar-refractivity contribution < 1.29 is 9.53 Å². The molecule has 0 aliphatic carbocycles. The Kier molecular flexibility index (Phi) is 2.89. The Bertz CT molecular complexity index is 101. The zero-order valence-corrected chi connectivity index (χ0v) is 5.71. The molecule has 0 atom stereocenters. The molecule has 0 aromatic heterocycles. The predicted octanol–water partition coefficient (Wildman–Crippen LogP) is 0.0665. The van der Waals surface area contributed by atoms with Crippen molar-refractivity contribution in [2.24, 2.45) is 4.99 Å². The van der Waals surface area contributed by atoms with Crippen molar-refractivity contribution in [3.63, 3.8) is 0 Å². The summed E-state index contributed by atoms with van der Waals surface area (Å²) in [6, 6.07) is 0. The van der Waals surface area contributed by atoms with Crippen molar-refractivity contribution in [2.75, 3.05) is 6.61 Å². The molecule has 0 N–H and O–H groups in total. The van der Waals surface area contributed by atoms with Gasteiger partial charge in [-0.05, 0) is 0 Å². The van der Waals surface area contributed by atoms with Gasteiger partial charge in [-0.2, -0.15) is 0 Å². The second-order valence-electron chi connectivity index (χ2n) is 0.886. The highest BCUT2D eigenvalue weighted by molar-refractivity contribution is 14.0. The highest BCUT2D eigenvalue weighted by Crippen LogP contribution is 1.83. The van der Waals surface area contributed by atoms with E-state index in [4.69, 9.17) is 0 Å². The van der Waals surface area contributed by atoms with Crippen molar-refractivity contribution >= 4 is 36.3 Å². The van der Waals surface area contributed by atoms with Crippen LogP contribution in [0.15, 0.2) is 4.99 Å². The fraction of sp³-hybridized carbons (Fsp3) is 0.333. The number of nitrogens with zero attached hydrogens (tertiary/aromatic N) is 1. The molecule has 0 fully saturated rings. The van der Waals surface area contributed by atoms with E-state index in [2.05, 4.69) is 9.73 Å². The molecule has 0 radical (unpaired) electrons. The summed E-state index contributed by atoms with van der Waals surface area (Å²) in [7, 11) is 0. The number of rotatable bonds is 0. The number of aliphatic imine (C=N–C) groups is 1. The van der Waals surface area contributed by atoms with Crippen LogP contribution in [-0.4, -0.2) is 18.9 Å². The third-order valence-electron chi connectivity index (χ3n) is 0.431. The third-order valence-corrected chi connectivity index (χ3v) is 0.431. The zero-order valence-electron chi connectivity index (χ0n) is 3.38. The molecule has 0 bridgehead atoms. The van der Waals surface area contributed by atoms with E-state index in [9.17, 15) is 4.79 Å². The number of halogens is 1. The van der Waals surface area contributed by atoms with Crippen LogP contribution in [0.5, 0.6) is 0 Å². The van der Waals surface area contributed by atoms with Crippen LogP contribution >= 0.6 is 24.0 Å². The Labute approximate surface area is 57.8 Å². The summed E-state index contributed by atoms with van der Waals surface area (Å²) in [5.41, 5.74) is 0. The summed E-state index contributed by atoms with van der Waals surface area (Å²) in [6.45, 7) is 0.0694. The van der Waals surface area contributed by atoms with E-state index >= 15 is 0 Å². The van der Waals surface area contributed by atoms with Crippen LogP contribution in [0.3, 0.4) is 0 Å². The minimum absolute atomic E-state index is 0. The number of hydrogen-bond donors (Lipinski definition) is 0. The molecule has 7 heavy (non-hydrogen) atoms. The summed E-state index contributed by atoms with van der Waals surface area (Å²) >= 11 is 0. The molecule has 1 aliphatic rings. The molecule has 0 aromatic carbocycles. The number of ether oxygens (including phenoxy) is 1. The molecule has 40 valence electrons. The molecule has 3 nitrogen and oxygen atoms in total. The van der Waals surface area contributed by atoms with Gasteiger partial charge in [0.15, 0.2) is 0 Å². The number of carbonyl (C=O) groups is 1. The second-order valence-corrected chi connectivity index (χ2v) is 0.886. The van der Waals surface area contributed by atoms with Gasteiger partial charge in [-0.1, -0.05) is 0 Å². The molecule has 4 heteroatoms. The van der Waals surface area contributed by atoms with E-state index < -0.39 is 0 Å². The van der Waals surface area contributed by atoms with Crippen LogP contribution in [0.2, 0.25) is 0 Å². The third kappa shape index (κ3) is 1.86. The van der Waals surface area contributed by atoms with E-state index in [1.165, 1.54) is 0 Å². The standard InChI is InChI=1S/C3H2NO2.HI/c5-3-1-6-2-4-3;/h1H2;1H/q-1;. The molecule has 0 spiro atoms. The molecule has 0 saturated heterocycles. The van der Waals surface area contributed by atoms with Gasteiger partial charge in [0.1, 0.15) is 5.91 Å². The van der Waals surface area contributed by atoms with Gasteiger partial charge in [0.2, 0.25) is 0 Å². The van der Waals surface area contributed by atoms with E-state index in [1.54, 1.807) is 0 Å². The quantitative estimate of drug-likeness (QED) is 0.420. The first kappa shape index (κ1) is 6.87. The summed E-state index contributed by atoms with van der Waals surface area (Å²) in [4.78, 5) is 13.0. The highest BCUT2D eigenvalue weighted by atomic mass is 127. The van der Waals surface area contributed by atoms with Gasteiger partial charge < -0.3 is 14.5 Å². The largest absolute Gasteiger partial charge is 0.581 e. The average Bonchev–Trinajstić information content (AvgIpc) is 1.86. The van der Waals surface area contributed by atoms with Crippen LogP contribution in [0.25, 0.3) is 0 Å². The average molecular weight is 212 g/mol. The Morgan fingerprint density at radius 3 is 2.71 bits per heavy atom. The lowest BCUT2D eigenvalue weighted by Crippen LogP contribution is -1.92. The number of carbonyl (C=O) groups excluding carboxylic acids is 1. The molecular weight excluding hydrogens is 209 g/mol. The van der Waals surface area contributed by atoms with E-state index in [1.807, 2.05) is 6.40 Å². The van der Waals surface area contributed by atoms with Crippen LogP contribution in [0, 0.1) is 0 Å². The van der Waals surface area contributed by atoms with E-state index in [-0.39, 0.29) is 36.5 Å². The summed E-state index contributed by atoms with van der Waals surface area (Å²) < 4.78 is 4.29. The normalized spacial score (nSPS) is 15.7. The Hall–Kier alpha value is -0.130. The van der Waals surface area contributed by atoms with E-state index in [0.29, 0.717) is 0 Å². The van der Waals surface area contributed by atoms with Crippen LogP contribution in [0.4, 0.5) is 0 Å². The minimum atomic E-state index is -0.255. The lowest BCUT2D eigenvalue weighted by molar-refractivity contribution is -0.118. The maximum Gasteiger partial charge on any atom is 0.124 e. The lowest BCUT2D eigenvalue weighted by Gasteiger charge is -1.87. The van der Waals surface area contributed by atoms with Crippen LogP contribution in [-0.2, 0) is 9.53 Å². The van der Waals surface area contributed by atoms with Gasteiger partial charge >= 0.3 is 0 Å². The Morgan fingerprint density at radius 1 is 1.86 bits per heavy atom. The maximum absolute atomic E-state index is 9.89. The fourth-order valence-corrected chi connectivity index (χ4v) is 0.209. The van der Waals surface area contributed by atoms with Crippen molar-refractivity contribution in [1.29, 1.82) is 0 Å². The molecule has 0 saturated carbocycles. The van der Waals surface area contributed by atoms with Crippen molar-refractivity contribution in [3.05, 3.63) is 0 Å². The van der Waals surface area contributed by atoms with Gasteiger partial charge in [0.05, 0.1) is 6.61 Å². The predicted molar refractivity (Wildman–Crippen MR) is 33.8 cm³/mol. The van der Waals surface area contributed by atoms with Crippen LogP contribution < -0.4 is 0 Å². The molecule has 1 aliphatic heterocycles. The monoisotopic (exact) mass is 212 g/mol. The SMILES string of the molecule is I.O=C1CO[C-]=N1. The second kappa shape index (κ2) is 2.95. The van der Waals surface area contributed by atoms with Crippen LogP contribution in [0.1, 0.15) is 0 Å². The smallest absolute Gasteiger partial charge is 0.124 e. The minimum Gasteiger partial charge on any atom is -0.581 e. The van der Waals surface area contributed by atoms with E-state index in [0.717, 1.165) is 0 Å². The van der Waals surface area contributed by atoms with Gasteiger partial charge in [-0.25, -0.2) is 0 Å². The van der Waals surface area contributed by atoms with Gasteiger partial charge in [0, 0.05) is 6.40 Å². The summed E-state index contributed by atoms with van der Waals surface area (Å²) in [6.07, 6.45) is 2.05. The Morgan fingerprint density at radius 2 is 2.57 bits per heavy atom. The zero-order chi connectivity index (χ0) is 4.41. The molecule has 0 aromatic rings. The van der Waals surface area contributed by atoms with Gasteiger partial charge in [-0.3, -0.25) is 0 Å². The molecule has 1 heterocycles. The summed E-state index contributed by atoms with van der Waals surface area (Å²) in [5, 5.41) is 0. The first-order chi connectivity index (χ1) is 2.89. The topological polar surface area (TPSA) is 38.7 Å². The first-order valence-corrected chi connectivity index (χ1v) is 1.50. The molecule has 0 unspecified atom stereocenters. The van der Waals surface area contributed by atoms with Gasteiger partial charge in [0.25, 0.3) is 0 Å². The highest BCUT2D eigenvalue weighted by Gasteiger charge is 1.87. The van der Waals surface area contributed by atoms with Crippen molar-refractivity contribution in [1.82, 2.24) is 0 Å². The number of amides is 1. The maximum atomic E-state index is 9.89. The molecule has 1 rings (SSSR count).